The van der Waals surface area contributed by atoms with Gasteiger partial charge in [-0.05, 0) is 52.3 Å². The highest BCUT2D eigenvalue weighted by Crippen LogP contribution is 2.20. The quantitative estimate of drug-likeness (QED) is 0.763. The molecule has 0 fully saturated rings. The fraction of sp³-hybridized carbons (Fsp3) is 0.125. The van der Waals surface area contributed by atoms with Crippen molar-refractivity contribution in [1.82, 2.24) is 0 Å². The van der Waals surface area contributed by atoms with E-state index in [1.54, 1.807) is 24.3 Å². The van der Waals surface area contributed by atoms with Crippen LogP contribution in [0, 0.1) is 0 Å². The number of hydrogen-bond acceptors (Lipinski definition) is 3. The zero-order valence-corrected chi connectivity index (χ0v) is 13.6. The number of hydrogen-bond donors (Lipinski definition) is 3. The summed E-state index contributed by atoms with van der Waals surface area (Å²) in [6, 6.07) is 14.5. The minimum Gasteiger partial charge on any atom is -0.375 e. The van der Waals surface area contributed by atoms with Gasteiger partial charge < -0.3 is 16.0 Å². The summed E-state index contributed by atoms with van der Waals surface area (Å²) < 4.78 is 0.905. The largest absolute Gasteiger partial charge is 0.375 e. The Bertz CT molecular complexity index is 671. The molecule has 0 saturated carbocycles. The smallest absolute Gasteiger partial charge is 0.243 e. The van der Waals surface area contributed by atoms with Gasteiger partial charge in [0.05, 0.1) is 6.54 Å². The molecule has 2 amide bonds. The molecule has 2 aromatic carbocycles. The maximum Gasteiger partial charge on any atom is 0.243 e. The van der Waals surface area contributed by atoms with Crippen molar-refractivity contribution in [2.24, 2.45) is 0 Å². The summed E-state index contributed by atoms with van der Waals surface area (Å²) in [4.78, 5) is 22.8. The lowest BCUT2D eigenvalue weighted by Crippen LogP contribution is -2.21. The zero-order valence-electron chi connectivity index (χ0n) is 12.0. The van der Waals surface area contributed by atoms with E-state index in [-0.39, 0.29) is 18.4 Å². The molecule has 6 heteroatoms. The van der Waals surface area contributed by atoms with Gasteiger partial charge in [-0.2, -0.15) is 0 Å². The predicted molar refractivity (Wildman–Crippen MR) is 92.0 cm³/mol. The van der Waals surface area contributed by atoms with E-state index >= 15 is 0 Å². The summed E-state index contributed by atoms with van der Waals surface area (Å²) in [5.41, 5.74) is 2.23. The number of amides is 2. The molecule has 0 saturated heterocycles. The first-order chi connectivity index (χ1) is 10.5. The van der Waals surface area contributed by atoms with Crippen LogP contribution >= 0.6 is 15.9 Å². The fourth-order valence-corrected chi connectivity index (χ4v) is 2.25. The Kier molecular flexibility index (Phi) is 5.55. The van der Waals surface area contributed by atoms with Gasteiger partial charge in [-0.25, -0.2) is 0 Å². The number of halogens is 1. The minimum atomic E-state index is -0.150. The first kappa shape index (κ1) is 16.0. The van der Waals surface area contributed by atoms with E-state index in [4.69, 9.17) is 0 Å². The highest BCUT2D eigenvalue weighted by molar-refractivity contribution is 9.10. The third kappa shape index (κ3) is 4.89. The lowest BCUT2D eigenvalue weighted by Gasteiger charge is -2.09. The van der Waals surface area contributed by atoms with E-state index in [0.29, 0.717) is 11.4 Å². The third-order valence-corrected chi connectivity index (χ3v) is 3.49. The monoisotopic (exact) mass is 361 g/mol. The summed E-state index contributed by atoms with van der Waals surface area (Å²) in [7, 11) is 0. The maximum atomic E-state index is 11.9. The summed E-state index contributed by atoms with van der Waals surface area (Å²) in [6.07, 6.45) is 0. The molecule has 0 aliphatic carbocycles. The predicted octanol–water partition coefficient (Wildman–Crippen LogP) is 3.46. The van der Waals surface area contributed by atoms with Gasteiger partial charge in [-0.1, -0.05) is 12.1 Å². The topological polar surface area (TPSA) is 70.2 Å². The lowest BCUT2D eigenvalue weighted by atomic mass is 10.2. The molecular formula is C16H16BrN3O2. The Morgan fingerprint density at radius 1 is 0.955 bits per heavy atom. The molecule has 0 aliphatic heterocycles. The lowest BCUT2D eigenvalue weighted by molar-refractivity contribution is -0.115. The van der Waals surface area contributed by atoms with Crippen LogP contribution in [0.4, 0.5) is 17.1 Å². The average molecular weight is 362 g/mol. The second kappa shape index (κ2) is 7.61. The fourth-order valence-electron chi connectivity index (χ4n) is 1.83. The van der Waals surface area contributed by atoms with Crippen LogP contribution in [0.15, 0.2) is 53.0 Å². The number of anilines is 3. The van der Waals surface area contributed by atoms with E-state index in [1.165, 1.54) is 6.92 Å². The molecule has 2 rings (SSSR count). The van der Waals surface area contributed by atoms with Crippen LogP contribution < -0.4 is 16.0 Å². The zero-order chi connectivity index (χ0) is 15.9. The van der Waals surface area contributed by atoms with Gasteiger partial charge in [0.2, 0.25) is 11.8 Å². The standard InChI is InChI=1S/C16H16BrN3O2/c1-11(21)19-12-6-8-13(9-7-12)20-16(22)10-18-15-5-3-2-4-14(15)17/h2-9,18H,10H2,1H3,(H,19,21)(H,20,22). The van der Waals surface area contributed by atoms with Crippen LogP contribution in [0.1, 0.15) is 6.92 Å². The van der Waals surface area contributed by atoms with Crippen LogP contribution in [0.25, 0.3) is 0 Å². The SMILES string of the molecule is CC(=O)Nc1ccc(NC(=O)CNc2ccccc2Br)cc1. The summed E-state index contributed by atoms with van der Waals surface area (Å²) in [6.45, 7) is 1.61. The van der Waals surface area contributed by atoms with Gasteiger partial charge in [0.25, 0.3) is 0 Å². The first-order valence-electron chi connectivity index (χ1n) is 6.70. The van der Waals surface area contributed by atoms with Crippen molar-refractivity contribution in [2.75, 3.05) is 22.5 Å². The molecule has 0 atom stereocenters. The number of rotatable bonds is 5. The Morgan fingerprint density at radius 2 is 1.55 bits per heavy atom. The Morgan fingerprint density at radius 3 is 2.14 bits per heavy atom. The first-order valence-corrected chi connectivity index (χ1v) is 7.50. The molecule has 2 aromatic rings. The molecule has 0 heterocycles. The molecule has 0 aromatic heterocycles. The highest BCUT2D eigenvalue weighted by Gasteiger charge is 2.04. The number of carbonyl (C=O) groups is 2. The van der Waals surface area contributed by atoms with Gasteiger partial charge in [-0.3, -0.25) is 9.59 Å². The van der Waals surface area contributed by atoms with E-state index in [9.17, 15) is 9.59 Å². The van der Waals surface area contributed by atoms with Gasteiger partial charge in [0.1, 0.15) is 0 Å². The second-order valence-electron chi connectivity index (χ2n) is 4.64. The molecule has 5 nitrogen and oxygen atoms in total. The van der Waals surface area contributed by atoms with Crippen molar-refractivity contribution < 1.29 is 9.59 Å². The van der Waals surface area contributed by atoms with Crippen molar-refractivity contribution in [3.8, 4) is 0 Å². The van der Waals surface area contributed by atoms with Crippen molar-refractivity contribution in [3.05, 3.63) is 53.0 Å². The van der Waals surface area contributed by atoms with E-state index < -0.39 is 0 Å². The van der Waals surface area contributed by atoms with Crippen molar-refractivity contribution in [2.45, 2.75) is 6.92 Å². The van der Waals surface area contributed by atoms with Crippen LogP contribution in [-0.2, 0) is 9.59 Å². The molecule has 114 valence electrons. The third-order valence-electron chi connectivity index (χ3n) is 2.80. The van der Waals surface area contributed by atoms with Crippen molar-refractivity contribution >= 4 is 44.8 Å². The summed E-state index contributed by atoms with van der Waals surface area (Å²) in [5.74, 6) is -0.280. The van der Waals surface area contributed by atoms with Crippen molar-refractivity contribution in [1.29, 1.82) is 0 Å². The van der Waals surface area contributed by atoms with E-state index in [1.807, 2.05) is 24.3 Å². The molecule has 0 bridgehead atoms. The minimum absolute atomic E-state index is 0.130. The maximum absolute atomic E-state index is 11.9. The number of carbonyl (C=O) groups excluding carboxylic acids is 2. The number of para-hydroxylation sites is 1. The van der Waals surface area contributed by atoms with Gasteiger partial charge in [-0.15, -0.1) is 0 Å². The molecule has 0 radical (unpaired) electrons. The van der Waals surface area contributed by atoms with Crippen molar-refractivity contribution in [3.63, 3.8) is 0 Å². The molecule has 22 heavy (non-hydrogen) atoms. The Labute approximate surface area is 137 Å². The molecule has 0 spiro atoms. The van der Waals surface area contributed by atoms with E-state index in [2.05, 4.69) is 31.9 Å². The number of benzene rings is 2. The van der Waals surface area contributed by atoms with Gasteiger partial charge >= 0.3 is 0 Å². The van der Waals surface area contributed by atoms with E-state index in [0.717, 1.165) is 10.2 Å². The molecule has 0 unspecified atom stereocenters. The second-order valence-corrected chi connectivity index (χ2v) is 5.49. The van der Waals surface area contributed by atoms with Crippen LogP contribution in [0.3, 0.4) is 0 Å². The normalized spacial score (nSPS) is 9.91. The van der Waals surface area contributed by atoms with Crippen LogP contribution in [0.5, 0.6) is 0 Å². The van der Waals surface area contributed by atoms with Gasteiger partial charge in [0, 0.05) is 28.5 Å². The highest BCUT2D eigenvalue weighted by atomic mass is 79.9. The summed E-state index contributed by atoms with van der Waals surface area (Å²) in [5, 5.41) is 8.51. The molecular weight excluding hydrogens is 346 g/mol. The number of nitrogens with one attached hydrogen (secondary N) is 3. The molecule has 0 aliphatic rings. The van der Waals surface area contributed by atoms with Crippen LogP contribution in [-0.4, -0.2) is 18.4 Å². The van der Waals surface area contributed by atoms with Gasteiger partial charge in [0.15, 0.2) is 0 Å². The molecule has 3 N–H and O–H groups in total. The van der Waals surface area contributed by atoms with Crippen LogP contribution in [0.2, 0.25) is 0 Å². The summed E-state index contributed by atoms with van der Waals surface area (Å²) >= 11 is 3.41. The average Bonchev–Trinajstić information content (AvgIpc) is 2.48. The Hall–Kier alpha value is -2.34. The Balaban J connectivity index is 1.87.